The third-order valence-electron chi connectivity index (χ3n) is 4.34. The number of hydrogen-bond donors (Lipinski definition) is 0. The van der Waals surface area contributed by atoms with E-state index in [1.807, 2.05) is 30.3 Å². The quantitative estimate of drug-likeness (QED) is 0.741. The van der Waals surface area contributed by atoms with Crippen LogP contribution in [0.15, 0.2) is 47.3 Å². The molecule has 5 heteroatoms. The van der Waals surface area contributed by atoms with Crippen molar-refractivity contribution >= 4 is 10.9 Å². The molecule has 4 rings (SSSR count). The monoisotopic (exact) mass is 322 g/mol. The lowest BCUT2D eigenvalue weighted by Crippen LogP contribution is -2.21. The first kappa shape index (κ1) is 14.8. The molecule has 0 radical (unpaired) electrons. The number of rotatable bonds is 4. The molecule has 0 aliphatic carbocycles. The largest absolute Gasteiger partial charge is 0.493 e. The van der Waals surface area contributed by atoms with Crippen molar-refractivity contribution in [2.45, 2.75) is 26.0 Å². The zero-order valence-corrected chi connectivity index (χ0v) is 13.5. The number of benzene rings is 2. The average molecular weight is 322 g/mol. The molecule has 0 atom stereocenters. The van der Waals surface area contributed by atoms with Crippen LogP contribution in [-0.2, 0) is 19.6 Å². The molecule has 1 aliphatic rings. The van der Waals surface area contributed by atoms with Gasteiger partial charge in [-0.05, 0) is 18.1 Å². The summed E-state index contributed by atoms with van der Waals surface area (Å²) in [5.74, 6) is 2.01. The summed E-state index contributed by atoms with van der Waals surface area (Å²) in [5, 5.41) is 0.574. The molecule has 0 saturated heterocycles. The van der Waals surface area contributed by atoms with Gasteiger partial charge >= 0.3 is 0 Å². The van der Waals surface area contributed by atoms with E-state index in [1.54, 1.807) is 23.8 Å². The second-order valence-electron chi connectivity index (χ2n) is 5.88. The third-order valence-corrected chi connectivity index (χ3v) is 4.34. The van der Waals surface area contributed by atoms with Crippen molar-refractivity contribution in [3.05, 3.63) is 64.2 Å². The van der Waals surface area contributed by atoms with Crippen molar-refractivity contribution in [1.82, 2.24) is 9.55 Å². The number of fused-ring (bicyclic) bond motifs is 2. The Hall–Kier alpha value is -2.82. The van der Waals surface area contributed by atoms with Crippen LogP contribution >= 0.6 is 0 Å². The molecule has 2 heterocycles. The normalized spacial score (nSPS) is 13.0. The van der Waals surface area contributed by atoms with Gasteiger partial charge in [0.2, 0.25) is 0 Å². The molecule has 0 spiro atoms. The number of aryl methyl sites for hydroxylation is 1. The summed E-state index contributed by atoms with van der Waals surface area (Å²) < 4.78 is 13.1. The Morgan fingerprint density at radius 1 is 1.17 bits per heavy atom. The van der Waals surface area contributed by atoms with Gasteiger partial charge in [-0.15, -0.1) is 0 Å². The molecule has 24 heavy (non-hydrogen) atoms. The van der Waals surface area contributed by atoms with Gasteiger partial charge in [-0.2, -0.15) is 0 Å². The number of ether oxygens (including phenoxy) is 2. The zero-order valence-electron chi connectivity index (χ0n) is 13.5. The Morgan fingerprint density at radius 2 is 2.00 bits per heavy atom. The minimum absolute atomic E-state index is 0.000379. The van der Waals surface area contributed by atoms with Crippen LogP contribution in [-0.4, -0.2) is 16.7 Å². The van der Waals surface area contributed by atoms with E-state index in [0.29, 0.717) is 29.0 Å². The summed E-state index contributed by atoms with van der Waals surface area (Å²) in [5.41, 5.74) is 1.74. The van der Waals surface area contributed by atoms with E-state index in [1.165, 1.54) is 0 Å². The summed E-state index contributed by atoms with van der Waals surface area (Å²) in [6.07, 6.45) is 1.81. The van der Waals surface area contributed by atoms with E-state index in [0.717, 1.165) is 30.8 Å². The van der Waals surface area contributed by atoms with Gasteiger partial charge in [0.25, 0.3) is 5.56 Å². The minimum atomic E-state index is 0.000379. The fraction of sp³-hybridized carbons (Fsp3) is 0.263. The Morgan fingerprint density at radius 3 is 2.79 bits per heavy atom. The molecule has 0 bridgehead atoms. The summed E-state index contributed by atoms with van der Waals surface area (Å²) in [6.45, 7) is 1.18. The Kier molecular flexibility index (Phi) is 3.69. The van der Waals surface area contributed by atoms with Crippen LogP contribution in [0.1, 0.15) is 17.8 Å². The van der Waals surface area contributed by atoms with Crippen LogP contribution < -0.4 is 15.0 Å². The molecule has 0 fully saturated rings. The maximum atomic E-state index is 12.6. The fourth-order valence-electron chi connectivity index (χ4n) is 3.10. The molecule has 0 saturated carbocycles. The van der Waals surface area contributed by atoms with Crippen LogP contribution in [0.5, 0.6) is 11.5 Å². The zero-order chi connectivity index (χ0) is 16.5. The summed E-state index contributed by atoms with van der Waals surface area (Å²) in [6, 6.07) is 13.5. The van der Waals surface area contributed by atoms with Gasteiger partial charge in [0.1, 0.15) is 12.4 Å². The van der Waals surface area contributed by atoms with Crippen molar-refractivity contribution in [2.75, 3.05) is 7.11 Å². The minimum Gasteiger partial charge on any atom is -0.493 e. The molecule has 1 aromatic heterocycles. The first-order valence-corrected chi connectivity index (χ1v) is 8.04. The Balaban J connectivity index is 1.75. The lowest BCUT2D eigenvalue weighted by Gasteiger charge is -2.13. The fourth-order valence-corrected chi connectivity index (χ4v) is 3.10. The second kappa shape index (κ2) is 6.00. The summed E-state index contributed by atoms with van der Waals surface area (Å²) in [7, 11) is 1.58. The van der Waals surface area contributed by atoms with E-state index in [9.17, 15) is 4.79 Å². The van der Waals surface area contributed by atoms with Crippen molar-refractivity contribution in [3.63, 3.8) is 0 Å². The molecule has 3 aromatic rings. The van der Waals surface area contributed by atoms with Crippen molar-refractivity contribution in [1.29, 1.82) is 0 Å². The first-order chi connectivity index (χ1) is 11.8. The van der Waals surface area contributed by atoms with Gasteiger partial charge in [-0.1, -0.05) is 30.3 Å². The molecule has 2 aromatic carbocycles. The number of methoxy groups -OCH3 is 1. The molecule has 0 amide bonds. The predicted molar refractivity (Wildman–Crippen MR) is 91.7 cm³/mol. The number of nitrogens with zero attached hydrogens (tertiary/aromatic N) is 2. The lowest BCUT2D eigenvalue weighted by atomic mass is 10.2. The molecule has 122 valence electrons. The maximum absolute atomic E-state index is 12.6. The van der Waals surface area contributed by atoms with Crippen LogP contribution in [0.3, 0.4) is 0 Å². The van der Waals surface area contributed by atoms with Crippen LogP contribution in [0.2, 0.25) is 0 Å². The highest BCUT2D eigenvalue weighted by atomic mass is 16.5. The topological polar surface area (TPSA) is 53.4 Å². The molecular formula is C19H18N2O3. The van der Waals surface area contributed by atoms with Crippen molar-refractivity contribution in [3.8, 4) is 11.5 Å². The Labute approximate surface area is 139 Å². The molecule has 5 nitrogen and oxygen atoms in total. The van der Waals surface area contributed by atoms with E-state index in [-0.39, 0.29) is 5.56 Å². The van der Waals surface area contributed by atoms with Gasteiger partial charge in [0.05, 0.1) is 18.0 Å². The van der Waals surface area contributed by atoms with Crippen LogP contribution in [0.4, 0.5) is 0 Å². The molecule has 0 unspecified atom stereocenters. The highest BCUT2D eigenvalue weighted by Gasteiger charge is 2.18. The summed E-state index contributed by atoms with van der Waals surface area (Å²) in [4.78, 5) is 17.2. The smallest absolute Gasteiger partial charge is 0.261 e. The SMILES string of the molecule is COc1cc2c(=O)n3c(nc2cc1OCc1ccccc1)CCC3. The van der Waals surface area contributed by atoms with Crippen LogP contribution in [0, 0.1) is 0 Å². The van der Waals surface area contributed by atoms with Gasteiger partial charge in [-0.25, -0.2) is 4.98 Å². The maximum Gasteiger partial charge on any atom is 0.261 e. The number of hydrogen-bond acceptors (Lipinski definition) is 4. The molecule has 1 aliphatic heterocycles. The number of aromatic nitrogens is 2. The Bertz CT molecular complexity index is 948. The second-order valence-corrected chi connectivity index (χ2v) is 5.88. The van der Waals surface area contributed by atoms with E-state index in [2.05, 4.69) is 4.98 Å². The van der Waals surface area contributed by atoms with E-state index < -0.39 is 0 Å². The van der Waals surface area contributed by atoms with E-state index in [4.69, 9.17) is 9.47 Å². The van der Waals surface area contributed by atoms with Gasteiger partial charge < -0.3 is 9.47 Å². The first-order valence-electron chi connectivity index (χ1n) is 8.04. The van der Waals surface area contributed by atoms with Gasteiger partial charge in [0.15, 0.2) is 11.5 Å². The standard InChI is InChI=1S/C19H18N2O3/c1-23-16-10-14-15(20-18-8-5-9-21(18)19(14)22)11-17(16)24-12-13-6-3-2-4-7-13/h2-4,6-7,10-11H,5,8-9,12H2,1H3. The molecule has 0 N–H and O–H groups in total. The summed E-state index contributed by atoms with van der Waals surface area (Å²) >= 11 is 0. The van der Waals surface area contributed by atoms with Crippen LogP contribution in [0.25, 0.3) is 10.9 Å². The highest BCUT2D eigenvalue weighted by Crippen LogP contribution is 2.31. The van der Waals surface area contributed by atoms with Gasteiger partial charge in [-0.3, -0.25) is 9.36 Å². The van der Waals surface area contributed by atoms with Gasteiger partial charge in [0, 0.05) is 19.0 Å². The predicted octanol–water partition coefficient (Wildman–Crippen LogP) is 2.93. The third kappa shape index (κ3) is 2.52. The van der Waals surface area contributed by atoms with Crippen molar-refractivity contribution in [2.24, 2.45) is 0 Å². The molecular weight excluding hydrogens is 304 g/mol. The van der Waals surface area contributed by atoms with E-state index >= 15 is 0 Å². The average Bonchev–Trinajstić information content (AvgIpc) is 3.09. The van der Waals surface area contributed by atoms with Crippen molar-refractivity contribution < 1.29 is 9.47 Å². The lowest BCUT2D eigenvalue weighted by molar-refractivity contribution is 0.285. The highest BCUT2D eigenvalue weighted by molar-refractivity contribution is 5.82.